The minimum absolute atomic E-state index is 0. The van der Waals surface area contributed by atoms with Gasteiger partial charge in [-0.2, -0.15) is 4.37 Å². The Morgan fingerprint density at radius 3 is 2.57 bits per heavy atom. The van der Waals surface area contributed by atoms with Crippen LogP contribution in [-0.4, -0.2) is 9.36 Å². The van der Waals surface area contributed by atoms with Gasteiger partial charge in [0, 0.05) is 5.56 Å². The predicted octanol–water partition coefficient (Wildman–Crippen LogP) is 3.46. The van der Waals surface area contributed by atoms with Crippen molar-refractivity contribution in [3.05, 3.63) is 35.7 Å². The first kappa shape index (κ1) is 10.9. The number of benzene rings is 1. The zero-order valence-corrected chi connectivity index (χ0v) is 8.43. The maximum atomic E-state index is 4.33. The summed E-state index contributed by atoms with van der Waals surface area (Å²) in [5.74, 6) is 0.849. The second-order valence-corrected chi connectivity index (χ2v) is 3.77. The summed E-state index contributed by atoms with van der Waals surface area (Å²) in [6, 6.07) is 8.31. The first-order valence-electron chi connectivity index (χ1n) is 4.13. The second kappa shape index (κ2) is 4.33. The van der Waals surface area contributed by atoms with E-state index in [1.807, 2.05) is 13.0 Å². The van der Waals surface area contributed by atoms with Crippen molar-refractivity contribution in [2.75, 3.05) is 0 Å². The lowest BCUT2D eigenvalue weighted by atomic mass is 10.1. The Kier molecular flexibility index (Phi) is 3.36. The fourth-order valence-electron chi connectivity index (χ4n) is 1.19. The van der Waals surface area contributed by atoms with Gasteiger partial charge in [-0.05, 0) is 31.4 Å². The van der Waals surface area contributed by atoms with Crippen LogP contribution >= 0.6 is 11.5 Å². The highest BCUT2D eigenvalue weighted by atomic mass is 32.1. The topological polar surface area (TPSA) is 25.8 Å². The Labute approximate surface area is 88.8 Å². The molecule has 0 aliphatic carbocycles. The van der Waals surface area contributed by atoms with Gasteiger partial charge in [0.15, 0.2) is 0 Å². The number of rotatable bonds is 1. The molecule has 0 saturated carbocycles. The van der Waals surface area contributed by atoms with E-state index >= 15 is 0 Å². The quantitative estimate of drug-likeness (QED) is 0.714. The van der Waals surface area contributed by atoms with Crippen molar-refractivity contribution in [3.63, 3.8) is 0 Å². The molecule has 1 heterocycles. The predicted molar refractivity (Wildman–Crippen MR) is 61.6 cm³/mol. The summed E-state index contributed by atoms with van der Waals surface area (Å²) >= 11 is 1.45. The van der Waals surface area contributed by atoms with Crippen molar-refractivity contribution >= 4 is 11.5 Å². The van der Waals surface area contributed by atoms with Gasteiger partial charge in [0.05, 0.1) is 0 Å². The van der Waals surface area contributed by atoms with Crippen molar-refractivity contribution in [3.8, 4) is 10.6 Å². The summed E-state index contributed by atoms with van der Waals surface area (Å²) in [6.45, 7) is 3.99. The van der Waals surface area contributed by atoms with Crippen LogP contribution in [0.4, 0.5) is 0 Å². The molecule has 2 nitrogen and oxygen atoms in total. The molecule has 0 saturated heterocycles. The van der Waals surface area contributed by atoms with E-state index in [-0.39, 0.29) is 7.43 Å². The van der Waals surface area contributed by atoms with E-state index in [1.165, 1.54) is 17.1 Å². The zero-order valence-electron chi connectivity index (χ0n) is 7.61. The smallest absolute Gasteiger partial charge is 0.144 e. The van der Waals surface area contributed by atoms with Gasteiger partial charge >= 0.3 is 0 Å². The number of hydrogen-bond donors (Lipinski definition) is 0. The summed E-state index contributed by atoms with van der Waals surface area (Å²) in [5.41, 5.74) is 2.41. The van der Waals surface area contributed by atoms with Crippen molar-refractivity contribution in [2.45, 2.75) is 21.3 Å². The van der Waals surface area contributed by atoms with Gasteiger partial charge in [0.2, 0.25) is 0 Å². The molecule has 14 heavy (non-hydrogen) atoms. The van der Waals surface area contributed by atoms with E-state index in [0.717, 1.165) is 16.4 Å². The Hall–Kier alpha value is -1.22. The minimum atomic E-state index is 0. The van der Waals surface area contributed by atoms with Crippen LogP contribution in [0.3, 0.4) is 0 Å². The molecule has 0 aliphatic heterocycles. The van der Waals surface area contributed by atoms with Crippen molar-refractivity contribution in [2.24, 2.45) is 0 Å². The largest absolute Gasteiger partial charge is 0.220 e. The lowest BCUT2D eigenvalue weighted by Gasteiger charge is -1.95. The monoisotopic (exact) mass is 206 g/mol. The molecule has 0 atom stereocenters. The van der Waals surface area contributed by atoms with Crippen LogP contribution in [0.1, 0.15) is 18.8 Å². The summed E-state index contributed by atoms with van der Waals surface area (Å²) < 4.78 is 4.15. The molecule has 2 rings (SSSR count). The Balaban J connectivity index is 0.000000980. The van der Waals surface area contributed by atoms with E-state index < -0.39 is 0 Å². The average molecular weight is 206 g/mol. The Morgan fingerprint density at radius 1 is 1.21 bits per heavy atom. The van der Waals surface area contributed by atoms with Crippen LogP contribution in [0.5, 0.6) is 0 Å². The molecule has 0 N–H and O–H groups in total. The molecule has 1 aromatic carbocycles. The van der Waals surface area contributed by atoms with Crippen molar-refractivity contribution in [1.29, 1.82) is 0 Å². The molecular weight excluding hydrogens is 192 g/mol. The van der Waals surface area contributed by atoms with E-state index in [2.05, 4.69) is 34.5 Å². The summed E-state index contributed by atoms with van der Waals surface area (Å²) in [7, 11) is 0. The fourth-order valence-corrected chi connectivity index (χ4v) is 1.86. The molecule has 0 fully saturated rings. The van der Waals surface area contributed by atoms with E-state index in [9.17, 15) is 0 Å². The van der Waals surface area contributed by atoms with Crippen LogP contribution in [0.15, 0.2) is 24.3 Å². The van der Waals surface area contributed by atoms with Crippen molar-refractivity contribution < 1.29 is 0 Å². The van der Waals surface area contributed by atoms with Crippen LogP contribution in [0.25, 0.3) is 10.6 Å². The molecule has 74 valence electrons. The molecule has 0 amide bonds. The van der Waals surface area contributed by atoms with Gasteiger partial charge in [-0.3, -0.25) is 0 Å². The van der Waals surface area contributed by atoms with Gasteiger partial charge in [0.25, 0.3) is 0 Å². The number of nitrogens with zero attached hydrogens (tertiary/aromatic N) is 2. The summed E-state index contributed by atoms with van der Waals surface area (Å²) in [6.07, 6.45) is 0. The van der Waals surface area contributed by atoms with E-state index in [4.69, 9.17) is 0 Å². The standard InChI is InChI=1S/C10H10N2S.CH4/c1-7-4-3-5-9(6-7)10-11-8(2)12-13-10;/h3-6H,1-2H3;1H4. The number of aromatic nitrogens is 2. The lowest BCUT2D eigenvalue weighted by molar-refractivity contribution is 1.17. The Morgan fingerprint density at radius 2 is 2.00 bits per heavy atom. The van der Waals surface area contributed by atoms with Gasteiger partial charge in [-0.1, -0.05) is 31.2 Å². The van der Waals surface area contributed by atoms with Gasteiger partial charge < -0.3 is 0 Å². The molecular formula is C11H14N2S. The van der Waals surface area contributed by atoms with Crippen LogP contribution in [-0.2, 0) is 0 Å². The molecule has 0 radical (unpaired) electrons. The van der Waals surface area contributed by atoms with Crippen LogP contribution in [0.2, 0.25) is 0 Å². The molecule has 0 unspecified atom stereocenters. The first-order valence-corrected chi connectivity index (χ1v) is 4.90. The molecule has 0 spiro atoms. The zero-order chi connectivity index (χ0) is 9.26. The lowest BCUT2D eigenvalue weighted by Crippen LogP contribution is -1.78. The highest BCUT2D eigenvalue weighted by molar-refractivity contribution is 7.09. The van der Waals surface area contributed by atoms with Crippen LogP contribution < -0.4 is 0 Å². The molecule has 0 bridgehead atoms. The first-order chi connectivity index (χ1) is 6.25. The highest BCUT2D eigenvalue weighted by Crippen LogP contribution is 2.21. The van der Waals surface area contributed by atoms with Gasteiger partial charge in [-0.25, -0.2) is 4.98 Å². The molecule has 1 aromatic heterocycles. The average Bonchev–Trinajstić information content (AvgIpc) is 2.52. The second-order valence-electron chi connectivity index (χ2n) is 3.02. The SMILES string of the molecule is C.Cc1cccc(-c2nc(C)ns2)c1. The van der Waals surface area contributed by atoms with E-state index in [1.54, 1.807) is 0 Å². The molecule has 0 aliphatic rings. The highest BCUT2D eigenvalue weighted by Gasteiger charge is 2.02. The van der Waals surface area contributed by atoms with Crippen LogP contribution in [0, 0.1) is 13.8 Å². The van der Waals surface area contributed by atoms with E-state index in [0.29, 0.717) is 0 Å². The minimum Gasteiger partial charge on any atom is -0.220 e. The number of hydrogen-bond acceptors (Lipinski definition) is 3. The summed E-state index contributed by atoms with van der Waals surface area (Å²) in [4.78, 5) is 4.33. The fraction of sp³-hybridized carbons (Fsp3) is 0.273. The van der Waals surface area contributed by atoms with Crippen molar-refractivity contribution in [1.82, 2.24) is 9.36 Å². The third-order valence-electron chi connectivity index (χ3n) is 1.79. The Bertz CT molecular complexity index is 421. The maximum absolute atomic E-state index is 4.33. The maximum Gasteiger partial charge on any atom is 0.144 e. The third-order valence-corrected chi connectivity index (χ3v) is 2.65. The molecule has 2 aromatic rings. The van der Waals surface area contributed by atoms with Gasteiger partial charge in [-0.15, -0.1) is 0 Å². The molecule has 3 heteroatoms. The number of aryl methyl sites for hydroxylation is 2. The normalized spacial score (nSPS) is 9.57. The summed E-state index contributed by atoms with van der Waals surface area (Å²) in [5, 5.41) is 1.00. The third kappa shape index (κ3) is 2.17. The van der Waals surface area contributed by atoms with Gasteiger partial charge in [0.1, 0.15) is 10.8 Å².